The molecule has 126 valence electrons. The summed E-state index contributed by atoms with van der Waals surface area (Å²) in [6.07, 6.45) is 1.08. The van der Waals surface area contributed by atoms with E-state index in [4.69, 9.17) is 10.8 Å². The Hall–Kier alpha value is -2.66. The number of carbonyl (C=O) groups is 2. The number of amides is 1. The molecule has 0 saturated heterocycles. The molecule has 0 radical (unpaired) electrons. The van der Waals surface area contributed by atoms with Gasteiger partial charge in [-0.2, -0.15) is 0 Å². The van der Waals surface area contributed by atoms with E-state index in [0.29, 0.717) is 32.5 Å². The molecule has 5 nitrogen and oxygen atoms in total. The third kappa shape index (κ3) is 5.21. The third-order valence-corrected chi connectivity index (χ3v) is 3.77. The Morgan fingerprint density at radius 2 is 1.71 bits per heavy atom. The van der Waals surface area contributed by atoms with Crippen LogP contribution in [0.15, 0.2) is 54.6 Å². The van der Waals surface area contributed by atoms with Crippen LogP contribution in [0.4, 0.5) is 0 Å². The lowest BCUT2D eigenvalue weighted by atomic mass is 10.1. The van der Waals surface area contributed by atoms with E-state index in [1.54, 1.807) is 17.0 Å². The Labute approximate surface area is 141 Å². The largest absolute Gasteiger partial charge is 0.478 e. The molecule has 0 fully saturated rings. The van der Waals surface area contributed by atoms with Crippen molar-refractivity contribution in [2.75, 3.05) is 13.1 Å². The van der Waals surface area contributed by atoms with Gasteiger partial charge in [0.25, 0.3) is 0 Å². The first-order valence-corrected chi connectivity index (χ1v) is 7.94. The minimum atomic E-state index is -0.974. The molecule has 0 spiro atoms. The molecule has 0 aliphatic heterocycles. The number of carbonyl (C=O) groups excluding carboxylic acids is 1. The van der Waals surface area contributed by atoms with Crippen LogP contribution < -0.4 is 5.73 Å². The van der Waals surface area contributed by atoms with Crippen molar-refractivity contribution < 1.29 is 14.7 Å². The van der Waals surface area contributed by atoms with Crippen molar-refractivity contribution in [2.24, 2.45) is 5.73 Å². The maximum Gasteiger partial charge on any atom is 0.335 e. The summed E-state index contributed by atoms with van der Waals surface area (Å²) in [6.45, 7) is 1.19. The molecule has 24 heavy (non-hydrogen) atoms. The van der Waals surface area contributed by atoms with Gasteiger partial charge in [-0.1, -0.05) is 42.5 Å². The number of nitrogens with zero attached hydrogens (tertiary/aromatic N) is 1. The lowest BCUT2D eigenvalue weighted by Crippen LogP contribution is -2.35. The SMILES string of the molecule is NCCN(Cc1cccc(C(=O)O)c1)C(=O)CCc1ccccc1. The highest BCUT2D eigenvalue weighted by Crippen LogP contribution is 2.11. The Morgan fingerprint density at radius 1 is 1.00 bits per heavy atom. The molecule has 0 heterocycles. The van der Waals surface area contributed by atoms with Gasteiger partial charge < -0.3 is 15.7 Å². The fraction of sp³-hybridized carbons (Fsp3) is 0.263. The predicted molar refractivity (Wildman–Crippen MR) is 92.6 cm³/mol. The first kappa shape index (κ1) is 17.7. The number of aryl methyl sites for hydroxylation is 1. The molecular formula is C19H22N2O3. The standard InChI is InChI=1S/C19H22N2O3/c20-11-12-21(14-16-7-4-8-17(13-16)19(23)24)18(22)10-9-15-5-2-1-3-6-15/h1-8,13H,9-12,14,20H2,(H,23,24). The van der Waals surface area contributed by atoms with Crippen LogP contribution in [-0.4, -0.2) is 35.0 Å². The molecule has 0 aliphatic rings. The van der Waals surface area contributed by atoms with Gasteiger partial charge >= 0.3 is 5.97 Å². The fourth-order valence-corrected chi connectivity index (χ4v) is 2.52. The lowest BCUT2D eigenvalue weighted by molar-refractivity contribution is -0.131. The molecule has 0 aromatic heterocycles. The second-order valence-electron chi connectivity index (χ2n) is 5.60. The molecular weight excluding hydrogens is 304 g/mol. The van der Waals surface area contributed by atoms with Crippen molar-refractivity contribution in [3.63, 3.8) is 0 Å². The zero-order valence-electron chi connectivity index (χ0n) is 13.5. The molecule has 2 aromatic rings. The van der Waals surface area contributed by atoms with Crippen LogP contribution >= 0.6 is 0 Å². The normalized spacial score (nSPS) is 10.4. The highest BCUT2D eigenvalue weighted by Gasteiger charge is 2.14. The van der Waals surface area contributed by atoms with Crippen molar-refractivity contribution >= 4 is 11.9 Å². The Bertz CT molecular complexity index is 686. The number of benzene rings is 2. The van der Waals surface area contributed by atoms with E-state index in [-0.39, 0.29) is 11.5 Å². The molecule has 3 N–H and O–H groups in total. The van der Waals surface area contributed by atoms with Crippen LogP contribution in [0.3, 0.4) is 0 Å². The minimum Gasteiger partial charge on any atom is -0.478 e. The zero-order chi connectivity index (χ0) is 17.4. The van der Waals surface area contributed by atoms with E-state index in [0.717, 1.165) is 11.1 Å². The van der Waals surface area contributed by atoms with E-state index < -0.39 is 5.97 Å². The maximum absolute atomic E-state index is 12.5. The van der Waals surface area contributed by atoms with Crippen molar-refractivity contribution in [1.82, 2.24) is 4.90 Å². The van der Waals surface area contributed by atoms with Gasteiger partial charge in [-0.05, 0) is 29.7 Å². The van der Waals surface area contributed by atoms with E-state index >= 15 is 0 Å². The molecule has 0 bridgehead atoms. The quantitative estimate of drug-likeness (QED) is 0.780. The fourth-order valence-electron chi connectivity index (χ4n) is 2.52. The minimum absolute atomic E-state index is 0.0185. The highest BCUT2D eigenvalue weighted by molar-refractivity contribution is 5.87. The smallest absolute Gasteiger partial charge is 0.335 e. The summed E-state index contributed by atoms with van der Waals surface area (Å²) in [5.41, 5.74) is 7.74. The Morgan fingerprint density at radius 3 is 2.38 bits per heavy atom. The summed E-state index contributed by atoms with van der Waals surface area (Å²) < 4.78 is 0. The van der Waals surface area contributed by atoms with E-state index in [2.05, 4.69) is 0 Å². The van der Waals surface area contributed by atoms with Crippen molar-refractivity contribution in [3.05, 3.63) is 71.3 Å². The molecule has 1 amide bonds. The number of hydrogen-bond acceptors (Lipinski definition) is 3. The number of hydrogen-bond donors (Lipinski definition) is 2. The van der Waals surface area contributed by atoms with Gasteiger partial charge in [-0.15, -0.1) is 0 Å². The number of nitrogens with two attached hydrogens (primary N) is 1. The highest BCUT2D eigenvalue weighted by atomic mass is 16.4. The zero-order valence-corrected chi connectivity index (χ0v) is 13.5. The summed E-state index contributed by atoms with van der Waals surface area (Å²) in [4.78, 5) is 25.2. The van der Waals surface area contributed by atoms with Crippen LogP contribution in [0.5, 0.6) is 0 Å². The Balaban J connectivity index is 2.01. The second kappa shape index (κ2) is 8.84. The molecule has 2 aromatic carbocycles. The van der Waals surface area contributed by atoms with Gasteiger partial charge in [-0.25, -0.2) is 4.79 Å². The number of carboxylic acids is 1. The van der Waals surface area contributed by atoms with Crippen molar-refractivity contribution in [1.29, 1.82) is 0 Å². The second-order valence-corrected chi connectivity index (χ2v) is 5.60. The number of carboxylic acid groups (broad SMARTS) is 1. The average Bonchev–Trinajstić information content (AvgIpc) is 2.60. The molecule has 0 saturated carbocycles. The van der Waals surface area contributed by atoms with E-state index in [1.807, 2.05) is 36.4 Å². The summed E-state index contributed by atoms with van der Waals surface area (Å²) in [7, 11) is 0. The van der Waals surface area contributed by atoms with E-state index in [1.165, 1.54) is 6.07 Å². The van der Waals surface area contributed by atoms with Crippen LogP contribution in [-0.2, 0) is 17.8 Å². The summed E-state index contributed by atoms with van der Waals surface area (Å²) in [6, 6.07) is 16.5. The van der Waals surface area contributed by atoms with E-state index in [9.17, 15) is 9.59 Å². The summed E-state index contributed by atoms with van der Waals surface area (Å²) >= 11 is 0. The first-order chi connectivity index (χ1) is 11.6. The van der Waals surface area contributed by atoms with Crippen molar-refractivity contribution in [2.45, 2.75) is 19.4 Å². The third-order valence-electron chi connectivity index (χ3n) is 3.77. The summed E-state index contributed by atoms with van der Waals surface area (Å²) in [5, 5.41) is 9.07. The lowest BCUT2D eigenvalue weighted by Gasteiger charge is -2.22. The maximum atomic E-state index is 12.5. The molecule has 2 rings (SSSR count). The van der Waals surface area contributed by atoms with Crippen LogP contribution in [0.2, 0.25) is 0 Å². The van der Waals surface area contributed by atoms with Crippen LogP contribution in [0, 0.1) is 0 Å². The molecule has 0 aliphatic carbocycles. The monoisotopic (exact) mass is 326 g/mol. The van der Waals surface area contributed by atoms with Crippen LogP contribution in [0.1, 0.15) is 27.9 Å². The predicted octanol–water partition coefficient (Wildman–Crippen LogP) is 2.30. The average molecular weight is 326 g/mol. The number of aromatic carboxylic acids is 1. The molecule has 5 heteroatoms. The molecule has 0 unspecified atom stereocenters. The van der Waals surface area contributed by atoms with Crippen LogP contribution in [0.25, 0.3) is 0 Å². The summed E-state index contributed by atoms with van der Waals surface area (Å²) in [5.74, 6) is -0.956. The van der Waals surface area contributed by atoms with Gasteiger partial charge in [0.05, 0.1) is 5.56 Å². The van der Waals surface area contributed by atoms with Gasteiger partial charge in [-0.3, -0.25) is 4.79 Å². The first-order valence-electron chi connectivity index (χ1n) is 7.94. The van der Waals surface area contributed by atoms with Gasteiger partial charge in [0.15, 0.2) is 0 Å². The van der Waals surface area contributed by atoms with Gasteiger partial charge in [0, 0.05) is 26.1 Å². The van der Waals surface area contributed by atoms with Gasteiger partial charge in [0.1, 0.15) is 0 Å². The topological polar surface area (TPSA) is 83.6 Å². The number of rotatable bonds is 8. The molecule has 0 atom stereocenters. The van der Waals surface area contributed by atoms with Gasteiger partial charge in [0.2, 0.25) is 5.91 Å². The van der Waals surface area contributed by atoms with Crippen molar-refractivity contribution in [3.8, 4) is 0 Å². The Kier molecular flexibility index (Phi) is 6.51.